The quantitative estimate of drug-likeness (QED) is 0.331. The number of nitrogens with zero attached hydrogens (tertiary/aromatic N) is 1. The van der Waals surface area contributed by atoms with E-state index in [2.05, 4.69) is 4.52 Å². The van der Waals surface area contributed by atoms with Crippen LogP contribution < -0.4 is 0 Å². The van der Waals surface area contributed by atoms with Gasteiger partial charge < -0.3 is 4.52 Å². The summed E-state index contributed by atoms with van der Waals surface area (Å²) in [6, 6.07) is 1.49. The molecule has 0 aromatic carbocycles. The van der Waals surface area contributed by atoms with Gasteiger partial charge in [-0.3, -0.25) is 9.79 Å². The summed E-state index contributed by atoms with van der Waals surface area (Å²) in [7, 11) is -4.43. The molecule has 0 aliphatic carbocycles. The summed E-state index contributed by atoms with van der Waals surface area (Å²) in [5, 5.41) is 7.79. The highest BCUT2D eigenvalue weighted by atomic mass is 31.2. The first kappa shape index (κ1) is 8.18. The Morgan fingerprint density at radius 2 is 2.22 bits per heavy atom. The van der Waals surface area contributed by atoms with Crippen LogP contribution in [0, 0.1) is 11.3 Å². The molecule has 0 radical (unpaired) electrons. The summed E-state index contributed by atoms with van der Waals surface area (Å²) >= 11 is 0. The molecule has 0 spiro atoms. The lowest BCUT2D eigenvalue weighted by Gasteiger charge is -1.97. The van der Waals surface area contributed by atoms with Crippen LogP contribution in [0.5, 0.6) is 0 Å². The standard InChI is InChI=1S/C3H4NO4P/c4-2-1-3-8-9(5,6)7/h1,3H,(H2,5,6,7). The summed E-state index contributed by atoms with van der Waals surface area (Å²) in [4.78, 5) is 15.9. The zero-order valence-electron chi connectivity index (χ0n) is 4.26. The van der Waals surface area contributed by atoms with E-state index in [1.165, 1.54) is 6.07 Å². The Bertz CT molecular complexity index is 186. The Kier molecular flexibility index (Phi) is 2.96. The van der Waals surface area contributed by atoms with Crippen LogP contribution in [0.2, 0.25) is 0 Å². The van der Waals surface area contributed by atoms with Crippen molar-refractivity contribution in [3.8, 4) is 6.07 Å². The minimum atomic E-state index is -4.43. The van der Waals surface area contributed by atoms with Gasteiger partial charge in [-0.15, -0.1) is 0 Å². The van der Waals surface area contributed by atoms with Crippen molar-refractivity contribution in [1.29, 1.82) is 5.26 Å². The van der Waals surface area contributed by atoms with E-state index in [4.69, 9.17) is 15.0 Å². The van der Waals surface area contributed by atoms with Crippen LogP contribution in [0.1, 0.15) is 0 Å². The molecule has 0 heterocycles. The number of rotatable bonds is 2. The van der Waals surface area contributed by atoms with Gasteiger partial charge in [0.05, 0.1) is 12.1 Å². The van der Waals surface area contributed by atoms with E-state index in [0.29, 0.717) is 6.26 Å². The molecule has 0 aromatic heterocycles. The van der Waals surface area contributed by atoms with Crippen molar-refractivity contribution in [3.05, 3.63) is 12.3 Å². The van der Waals surface area contributed by atoms with Gasteiger partial charge in [0.25, 0.3) is 0 Å². The summed E-state index contributed by atoms with van der Waals surface area (Å²) in [5.41, 5.74) is 0. The van der Waals surface area contributed by atoms with Gasteiger partial charge in [0.1, 0.15) is 6.26 Å². The highest BCUT2D eigenvalue weighted by Gasteiger charge is 2.10. The molecule has 0 amide bonds. The van der Waals surface area contributed by atoms with Gasteiger partial charge in [-0.2, -0.15) is 5.26 Å². The molecular weight excluding hydrogens is 145 g/mol. The Balaban J connectivity index is 3.68. The highest BCUT2D eigenvalue weighted by molar-refractivity contribution is 7.46. The third kappa shape index (κ3) is 7.18. The van der Waals surface area contributed by atoms with Gasteiger partial charge in [0, 0.05) is 0 Å². The van der Waals surface area contributed by atoms with Crippen LogP contribution >= 0.6 is 7.82 Å². The van der Waals surface area contributed by atoms with Gasteiger partial charge in [0.15, 0.2) is 0 Å². The second kappa shape index (κ2) is 3.25. The Morgan fingerprint density at radius 1 is 1.67 bits per heavy atom. The predicted molar refractivity (Wildman–Crippen MR) is 27.9 cm³/mol. The SMILES string of the molecule is N#CC=COP(=O)(O)O. The van der Waals surface area contributed by atoms with Crippen LogP contribution in [-0.4, -0.2) is 9.79 Å². The molecule has 0 fully saturated rings. The van der Waals surface area contributed by atoms with Crippen molar-refractivity contribution in [2.45, 2.75) is 0 Å². The lowest BCUT2D eigenvalue weighted by molar-refractivity contribution is 0.258. The third-order valence-electron chi connectivity index (χ3n) is 0.341. The summed E-state index contributed by atoms with van der Waals surface area (Å²) < 4.78 is 13.6. The fourth-order valence-electron chi connectivity index (χ4n) is 0.140. The fourth-order valence-corrected chi connectivity index (χ4v) is 0.360. The van der Waals surface area contributed by atoms with Crippen LogP contribution in [-0.2, 0) is 9.09 Å². The Hall–Kier alpha value is -0.820. The van der Waals surface area contributed by atoms with Crippen molar-refractivity contribution >= 4 is 7.82 Å². The Labute approximate surface area is 51.4 Å². The van der Waals surface area contributed by atoms with Gasteiger partial charge in [-0.05, 0) is 0 Å². The fraction of sp³-hybridized carbons (Fsp3) is 0. The van der Waals surface area contributed by atoms with Crippen LogP contribution in [0.4, 0.5) is 0 Å². The number of nitriles is 1. The number of phosphoric acid groups is 1. The highest BCUT2D eigenvalue weighted by Crippen LogP contribution is 2.35. The second-order valence-corrected chi connectivity index (χ2v) is 2.22. The lowest BCUT2D eigenvalue weighted by Crippen LogP contribution is -1.76. The van der Waals surface area contributed by atoms with Crippen molar-refractivity contribution in [2.24, 2.45) is 0 Å². The molecule has 0 aliphatic heterocycles. The molecule has 50 valence electrons. The van der Waals surface area contributed by atoms with Gasteiger partial charge in [-0.1, -0.05) is 0 Å². The van der Waals surface area contributed by atoms with E-state index in [0.717, 1.165) is 6.08 Å². The summed E-state index contributed by atoms with van der Waals surface area (Å²) in [6.45, 7) is 0. The average molecular weight is 149 g/mol. The molecule has 0 atom stereocenters. The topological polar surface area (TPSA) is 90.5 Å². The predicted octanol–water partition coefficient (Wildman–Crippen LogP) is 0.133. The van der Waals surface area contributed by atoms with Crippen molar-refractivity contribution in [1.82, 2.24) is 0 Å². The molecule has 0 aliphatic rings. The smallest absolute Gasteiger partial charge is 0.411 e. The summed E-state index contributed by atoms with van der Waals surface area (Å²) in [5.74, 6) is 0. The zero-order chi connectivity index (χ0) is 7.33. The normalized spacial score (nSPS) is 11.2. The summed E-state index contributed by atoms with van der Waals surface area (Å²) in [6.07, 6.45) is 1.46. The number of hydrogen-bond acceptors (Lipinski definition) is 3. The van der Waals surface area contributed by atoms with E-state index in [9.17, 15) is 4.57 Å². The van der Waals surface area contributed by atoms with Crippen LogP contribution in [0.25, 0.3) is 0 Å². The molecule has 0 bridgehead atoms. The monoisotopic (exact) mass is 149 g/mol. The molecule has 0 rings (SSSR count). The van der Waals surface area contributed by atoms with Crippen molar-refractivity contribution < 1.29 is 18.9 Å². The van der Waals surface area contributed by atoms with Crippen LogP contribution in [0.15, 0.2) is 12.3 Å². The van der Waals surface area contributed by atoms with Crippen LogP contribution in [0.3, 0.4) is 0 Å². The number of hydrogen-bond donors (Lipinski definition) is 2. The second-order valence-electron chi connectivity index (χ2n) is 1.03. The molecule has 0 unspecified atom stereocenters. The lowest BCUT2D eigenvalue weighted by atomic mass is 10.7. The van der Waals surface area contributed by atoms with E-state index in [-0.39, 0.29) is 0 Å². The zero-order valence-corrected chi connectivity index (χ0v) is 5.15. The molecule has 5 nitrogen and oxygen atoms in total. The average Bonchev–Trinajstić information content (AvgIpc) is 1.63. The molecule has 9 heavy (non-hydrogen) atoms. The molecule has 2 N–H and O–H groups in total. The minimum absolute atomic E-state index is 0.640. The third-order valence-corrected chi connectivity index (χ3v) is 0.737. The van der Waals surface area contributed by atoms with Gasteiger partial charge >= 0.3 is 7.82 Å². The largest absolute Gasteiger partial charge is 0.524 e. The maximum absolute atomic E-state index is 9.82. The maximum atomic E-state index is 9.82. The van der Waals surface area contributed by atoms with E-state index < -0.39 is 7.82 Å². The van der Waals surface area contributed by atoms with Gasteiger partial charge in [-0.25, -0.2) is 4.57 Å². The molecule has 0 aromatic rings. The van der Waals surface area contributed by atoms with E-state index in [1.54, 1.807) is 0 Å². The molecular formula is C3H4NO4P. The molecule has 0 saturated heterocycles. The molecule has 6 heteroatoms. The van der Waals surface area contributed by atoms with E-state index >= 15 is 0 Å². The van der Waals surface area contributed by atoms with Crippen molar-refractivity contribution in [3.63, 3.8) is 0 Å². The first-order chi connectivity index (χ1) is 4.06. The maximum Gasteiger partial charge on any atom is 0.524 e. The number of phosphoric ester groups is 1. The molecule has 0 saturated carbocycles. The number of allylic oxidation sites excluding steroid dienone is 1. The first-order valence-electron chi connectivity index (χ1n) is 1.85. The Morgan fingerprint density at radius 3 is 2.56 bits per heavy atom. The van der Waals surface area contributed by atoms with Crippen molar-refractivity contribution in [2.75, 3.05) is 0 Å². The first-order valence-corrected chi connectivity index (χ1v) is 3.38. The van der Waals surface area contributed by atoms with Gasteiger partial charge in [0.2, 0.25) is 0 Å². The minimum Gasteiger partial charge on any atom is -0.411 e. The van der Waals surface area contributed by atoms with E-state index in [1.807, 2.05) is 0 Å².